The number of nitrogens with one attached hydrogen (secondary N) is 1. The first-order valence-electron chi connectivity index (χ1n) is 8.00. The third-order valence-electron chi connectivity index (χ3n) is 5.72. The van der Waals surface area contributed by atoms with Crippen LogP contribution in [0, 0.1) is 5.41 Å². The van der Waals surface area contributed by atoms with Crippen molar-refractivity contribution in [3.63, 3.8) is 0 Å². The van der Waals surface area contributed by atoms with E-state index >= 15 is 0 Å². The van der Waals surface area contributed by atoms with Gasteiger partial charge in [-0.2, -0.15) is 0 Å². The van der Waals surface area contributed by atoms with Crippen LogP contribution < -0.4 is 5.32 Å². The summed E-state index contributed by atoms with van der Waals surface area (Å²) in [6.45, 7) is 12.0. The molecule has 1 saturated carbocycles. The molecule has 0 spiro atoms. The molecular formula is C16H33N3. The molecule has 0 amide bonds. The van der Waals surface area contributed by atoms with E-state index in [-0.39, 0.29) is 0 Å². The molecule has 19 heavy (non-hydrogen) atoms. The molecule has 3 heteroatoms. The highest BCUT2D eigenvalue weighted by Gasteiger charge is 2.42. The molecule has 2 rings (SSSR count). The van der Waals surface area contributed by atoms with Crippen LogP contribution in [0.15, 0.2) is 0 Å². The van der Waals surface area contributed by atoms with Crippen LogP contribution in [0.25, 0.3) is 0 Å². The molecule has 4 unspecified atom stereocenters. The van der Waals surface area contributed by atoms with E-state index in [0.717, 1.165) is 0 Å². The van der Waals surface area contributed by atoms with Gasteiger partial charge >= 0.3 is 0 Å². The van der Waals surface area contributed by atoms with Gasteiger partial charge in [0.1, 0.15) is 0 Å². The van der Waals surface area contributed by atoms with Crippen molar-refractivity contribution in [1.82, 2.24) is 15.1 Å². The normalized spacial score (nSPS) is 41.4. The topological polar surface area (TPSA) is 18.5 Å². The number of piperazine rings is 1. The minimum atomic E-state index is 0.424. The lowest BCUT2D eigenvalue weighted by molar-refractivity contribution is -0.0125. The van der Waals surface area contributed by atoms with Gasteiger partial charge in [-0.1, -0.05) is 20.3 Å². The maximum absolute atomic E-state index is 3.63. The van der Waals surface area contributed by atoms with Crippen molar-refractivity contribution in [3.05, 3.63) is 0 Å². The Kier molecular flexibility index (Phi) is 4.59. The summed E-state index contributed by atoms with van der Waals surface area (Å²) in [6, 6.07) is 2.69. The molecule has 1 N–H and O–H groups in total. The van der Waals surface area contributed by atoms with Gasteiger partial charge < -0.3 is 5.32 Å². The minimum Gasteiger partial charge on any atom is -0.315 e. The maximum Gasteiger partial charge on any atom is 0.0271 e. The van der Waals surface area contributed by atoms with Gasteiger partial charge in [0.05, 0.1) is 0 Å². The third-order valence-corrected chi connectivity index (χ3v) is 5.72. The second-order valence-electron chi connectivity index (χ2n) is 7.53. The maximum atomic E-state index is 3.63. The van der Waals surface area contributed by atoms with Crippen molar-refractivity contribution in [2.24, 2.45) is 5.41 Å². The predicted molar refractivity (Wildman–Crippen MR) is 82.5 cm³/mol. The van der Waals surface area contributed by atoms with E-state index < -0.39 is 0 Å². The van der Waals surface area contributed by atoms with Crippen molar-refractivity contribution in [2.75, 3.05) is 27.2 Å². The van der Waals surface area contributed by atoms with E-state index in [4.69, 9.17) is 0 Å². The van der Waals surface area contributed by atoms with E-state index in [1.165, 1.54) is 32.4 Å². The summed E-state index contributed by atoms with van der Waals surface area (Å²) >= 11 is 0. The molecule has 3 nitrogen and oxygen atoms in total. The van der Waals surface area contributed by atoms with Gasteiger partial charge in [0, 0.05) is 37.3 Å². The molecule has 2 fully saturated rings. The van der Waals surface area contributed by atoms with E-state index in [0.29, 0.717) is 29.6 Å². The fraction of sp³-hybridized carbons (Fsp3) is 1.00. The Morgan fingerprint density at radius 3 is 2.21 bits per heavy atom. The zero-order valence-electron chi connectivity index (χ0n) is 13.7. The van der Waals surface area contributed by atoms with Gasteiger partial charge in [0.25, 0.3) is 0 Å². The summed E-state index contributed by atoms with van der Waals surface area (Å²) in [5.41, 5.74) is 0.424. The van der Waals surface area contributed by atoms with Crippen LogP contribution in [-0.2, 0) is 0 Å². The average molecular weight is 267 g/mol. The van der Waals surface area contributed by atoms with Gasteiger partial charge in [-0.3, -0.25) is 9.80 Å². The average Bonchev–Trinajstić information content (AvgIpc) is 2.34. The van der Waals surface area contributed by atoms with Crippen LogP contribution in [0.5, 0.6) is 0 Å². The Hall–Kier alpha value is -0.120. The highest BCUT2D eigenvalue weighted by molar-refractivity contribution is 4.99. The van der Waals surface area contributed by atoms with Crippen molar-refractivity contribution in [3.8, 4) is 0 Å². The molecule has 0 aromatic rings. The number of rotatable bonds is 2. The van der Waals surface area contributed by atoms with Gasteiger partial charge in [0.15, 0.2) is 0 Å². The molecule has 1 heterocycles. The number of nitrogens with zero attached hydrogens (tertiary/aromatic N) is 2. The van der Waals surface area contributed by atoms with E-state index in [1.54, 1.807) is 0 Å². The summed E-state index contributed by atoms with van der Waals surface area (Å²) in [5, 5.41) is 3.63. The summed E-state index contributed by atoms with van der Waals surface area (Å²) < 4.78 is 0. The molecule has 0 aromatic carbocycles. The van der Waals surface area contributed by atoms with Gasteiger partial charge in [-0.05, 0) is 46.2 Å². The van der Waals surface area contributed by atoms with Crippen LogP contribution >= 0.6 is 0 Å². The van der Waals surface area contributed by atoms with Crippen molar-refractivity contribution in [2.45, 2.75) is 71.1 Å². The first kappa shape index (κ1) is 15.3. The Bertz CT molecular complexity index is 290. The van der Waals surface area contributed by atoms with Gasteiger partial charge in [0.2, 0.25) is 0 Å². The molecule has 1 saturated heterocycles. The highest BCUT2D eigenvalue weighted by atomic mass is 15.3. The summed E-state index contributed by atoms with van der Waals surface area (Å²) in [6.07, 6.45) is 4.09. The second kappa shape index (κ2) is 5.71. The molecule has 112 valence electrons. The highest BCUT2D eigenvalue weighted by Crippen LogP contribution is 2.38. The quantitative estimate of drug-likeness (QED) is 0.827. The van der Waals surface area contributed by atoms with Crippen LogP contribution in [0.3, 0.4) is 0 Å². The largest absolute Gasteiger partial charge is 0.315 e. The summed E-state index contributed by atoms with van der Waals surface area (Å²) in [7, 11) is 4.42. The van der Waals surface area contributed by atoms with Gasteiger partial charge in [-0.25, -0.2) is 0 Å². The number of hydrogen-bond acceptors (Lipinski definition) is 3. The molecule has 2 aliphatic rings. The lowest BCUT2D eigenvalue weighted by atomic mass is 9.70. The van der Waals surface area contributed by atoms with E-state index in [9.17, 15) is 0 Å². The molecule has 1 aliphatic carbocycles. The van der Waals surface area contributed by atoms with Crippen molar-refractivity contribution in [1.29, 1.82) is 0 Å². The molecule has 0 bridgehead atoms. The van der Waals surface area contributed by atoms with E-state index in [2.05, 4.69) is 56.9 Å². The van der Waals surface area contributed by atoms with Crippen LogP contribution in [-0.4, -0.2) is 61.2 Å². The fourth-order valence-corrected chi connectivity index (χ4v) is 4.30. The molecule has 0 radical (unpaired) electrons. The van der Waals surface area contributed by atoms with Crippen LogP contribution in [0.2, 0.25) is 0 Å². The Morgan fingerprint density at radius 2 is 1.68 bits per heavy atom. The Balaban J connectivity index is 2.11. The smallest absolute Gasteiger partial charge is 0.0271 e. The first-order chi connectivity index (χ1) is 8.86. The zero-order valence-corrected chi connectivity index (χ0v) is 13.7. The molecule has 4 atom stereocenters. The second-order valence-corrected chi connectivity index (χ2v) is 7.53. The van der Waals surface area contributed by atoms with Crippen LogP contribution in [0.1, 0.15) is 47.0 Å². The predicted octanol–water partition coefficient (Wildman–Crippen LogP) is 2.18. The molecule has 1 aliphatic heterocycles. The molecular weight excluding hydrogens is 234 g/mol. The zero-order chi connectivity index (χ0) is 14.2. The van der Waals surface area contributed by atoms with Gasteiger partial charge in [-0.15, -0.1) is 0 Å². The monoisotopic (exact) mass is 267 g/mol. The first-order valence-corrected chi connectivity index (χ1v) is 8.00. The lowest BCUT2D eigenvalue weighted by Crippen LogP contribution is -2.64. The standard InChI is InChI=1S/C16H33N3/c1-12-10-19(11-13(2)18(12)6)14-8-7-9-16(3,4)15(14)17-5/h12-15,17H,7-11H2,1-6H3. The summed E-state index contributed by atoms with van der Waals surface area (Å²) in [4.78, 5) is 5.29. The number of likely N-dealkylation sites (N-methyl/N-ethyl adjacent to an activating group) is 2. The number of hydrogen-bond donors (Lipinski definition) is 1. The fourth-order valence-electron chi connectivity index (χ4n) is 4.30. The van der Waals surface area contributed by atoms with E-state index in [1.807, 2.05) is 0 Å². The SMILES string of the molecule is CNC1C(N2CC(C)N(C)C(C)C2)CCCC1(C)C. The van der Waals surface area contributed by atoms with Crippen molar-refractivity contribution >= 4 is 0 Å². The molecule has 0 aromatic heterocycles. The van der Waals surface area contributed by atoms with Crippen molar-refractivity contribution < 1.29 is 0 Å². The lowest BCUT2D eigenvalue weighted by Gasteiger charge is -2.52. The summed E-state index contributed by atoms with van der Waals surface area (Å²) in [5.74, 6) is 0. The van der Waals surface area contributed by atoms with Crippen LogP contribution in [0.4, 0.5) is 0 Å². The minimum absolute atomic E-state index is 0.424. The Morgan fingerprint density at radius 1 is 1.11 bits per heavy atom. The third kappa shape index (κ3) is 2.98. The Labute approximate surface area is 119 Å².